The highest BCUT2D eigenvalue weighted by atomic mass is 16.2. The second-order valence-corrected chi connectivity index (χ2v) is 7.00. The Kier molecular flexibility index (Phi) is 6.47. The van der Waals surface area contributed by atoms with E-state index in [4.69, 9.17) is 0 Å². The van der Waals surface area contributed by atoms with Crippen LogP contribution in [0.25, 0.3) is 0 Å². The van der Waals surface area contributed by atoms with E-state index in [9.17, 15) is 9.59 Å². The molecule has 0 spiro atoms. The van der Waals surface area contributed by atoms with Gasteiger partial charge in [-0.1, -0.05) is 42.5 Å². The Morgan fingerprint density at radius 3 is 2.44 bits per heavy atom. The maximum Gasteiger partial charge on any atom is 0.321 e. The monoisotopic (exact) mass is 365 g/mol. The lowest BCUT2D eigenvalue weighted by molar-refractivity contribution is -0.119. The average Bonchev–Trinajstić information content (AvgIpc) is 2.96. The standard InChI is InChI=1S/C22H27N3O2/c1-23-21(26)16-17-9-11-20(12-10-17)24-22(27)25-14-5-8-19(13-15-25)18-6-3-2-4-7-18/h2-4,6-7,9-12,19H,5,8,13-16H2,1H3,(H,23,26)(H,24,27)/t19-/m1/s1. The van der Waals surface area contributed by atoms with Crippen LogP contribution in [0.3, 0.4) is 0 Å². The van der Waals surface area contributed by atoms with Crippen molar-refractivity contribution in [1.82, 2.24) is 10.2 Å². The molecule has 1 aliphatic rings. The van der Waals surface area contributed by atoms with Crippen molar-refractivity contribution in [2.24, 2.45) is 0 Å². The Morgan fingerprint density at radius 1 is 1.00 bits per heavy atom. The predicted octanol–water partition coefficient (Wildman–Crippen LogP) is 3.78. The van der Waals surface area contributed by atoms with Gasteiger partial charge in [0.05, 0.1) is 6.42 Å². The lowest BCUT2D eigenvalue weighted by Gasteiger charge is -2.21. The van der Waals surface area contributed by atoms with E-state index in [1.165, 1.54) is 5.56 Å². The van der Waals surface area contributed by atoms with Crippen LogP contribution in [0.1, 0.15) is 36.3 Å². The minimum absolute atomic E-state index is 0.0238. The number of carbonyl (C=O) groups excluding carboxylic acids is 2. The highest BCUT2D eigenvalue weighted by Gasteiger charge is 2.21. The molecule has 27 heavy (non-hydrogen) atoms. The van der Waals surface area contributed by atoms with Gasteiger partial charge in [-0.3, -0.25) is 4.79 Å². The molecule has 3 rings (SSSR count). The van der Waals surface area contributed by atoms with Gasteiger partial charge >= 0.3 is 6.03 Å². The largest absolute Gasteiger partial charge is 0.359 e. The molecule has 0 aliphatic carbocycles. The molecule has 1 atom stereocenters. The van der Waals surface area contributed by atoms with E-state index in [1.54, 1.807) is 7.05 Å². The third kappa shape index (κ3) is 5.33. The first-order chi connectivity index (χ1) is 13.2. The van der Waals surface area contributed by atoms with Gasteiger partial charge in [0.1, 0.15) is 0 Å². The summed E-state index contributed by atoms with van der Waals surface area (Å²) in [5.41, 5.74) is 3.05. The smallest absolute Gasteiger partial charge is 0.321 e. The van der Waals surface area contributed by atoms with Crippen molar-refractivity contribution in [3.63, 3.8) is 0 Å². The lowest BCUT2D eigenvalue weighted by atomic mass is 9.92. The first kappa shape index (κ1) is 19.0. The molecular formula is C22H27N3O2. The topological polar surface area (TPSA) is 61.4 Å². The number of amides is 3. The van der Waals surface area contributed by atoms with E-state index in [1.807, 2.05) is 35.2 Å². The van der Waals surface area contributed by atoms with Gasteiger partial charge in [0.15, 0.2) is 0 Å². The summed E-state index contributed by atoms with van der Waals surface area (Å²) in [5, 5.41) is 5.58. The number of hydrogen-bond donors (Lipinski definition) is 2. The summed E-state index contributed by atoms with van der Waals surface area (Å²) >= 11 is 0. The van der Waals surface area contributed by atoms with Crippen molar-refractivity contribution in [2.45, 2.75) is 31.6 Å². The zero-order valence-corrected chi connectivity index (χ0v) is 15.8. The van der Waals surface area contributed by atoms with Crippen LogP contribution < -0.4 is 10.6 Å². The van der Waals surface area contributed by atoms with Crippen LogP contribution in [0.4, 0.5) is 10.5 Å². The molecule has 2 aromatic carbocycles. The molecule has 0 bridgehead atoms. The zero-order valence-electron chi connectivity index (χ0n) is 15.8. The predicted molar refractivity (Wildman–Crippen MR) is 108 cm³/mol. The Balaban J connectivity index is 1.54. The van der Waals surface area contributed by atoms with Gasteiger partial charge in [-0.25, -0.2) is 4.79 Å². The van der Waals surface area contributed by atoms with Crippen molar-refractivity contribution in [2.75, 3.05) is 25.5 Å². The van der Waals surface area contributed by atoms with Gasteiger partial charge in [-0.2, -0.15) is 0 Å². The molecule has 3 amide bonds. The summed E-state index contributed by atoms with van der Waals surface area (Å²) in [5.74, 6) is 0.498. The molecule has 0 radical (unpaired) electrons. The number of nitrogens with one attached hydrogen (secondary N) is 2. The molecular weight excluding hydrogens is 338 g/mol. The number of likely N-dealkylation sites (N-methyl/N-ethyl adjacent to an activating group) is 1. The highest BCUT2D eigenvalue weighted by Crippen LogP contribution is 2.28. The van der Waals surface area contributed by atoms with E-state index in [0.717, 1.165) is 43.6 Å². The van der Waals surface area contributed by atoms with E-state index >= 15 is 0 Å². The van der Waals surface area contributed by atoms with Crippen molar-refractivity contribution in [3.8, 4) is 0 Å². The SMILES string of the molecule is CNC(=O)Cc1ccc(NC(=O)N2CCC[C@@H](c3ccccc3)CC2)cc1. The van der Waals surface area contributed by atoms with E-state index in [0.29, 0.717) is 12.3 Å². The highest BCUT2D eigenvalue weighted by molar-refractivity contribution is 5.89. The molecule has 0 unspecified atom stereocenters. The Hall–Kier alpha value is -2.82. The molecule has 0 aromatic heterocycles. The molecule has 2 N–H and O–H groups in total. The summed E-state index contributed by atoms with van der Waals surface area (Å²) < 4.78 is 0. The Labute approximate surface area is 160 Å². The summed E-state index contributed by atoms with van der Waals surface area (Å²) in [4.78, 5) is 26.0. The van der Waals surface area contributed by atoms with Gasteiger partial charge in [-0.05, 0) is 48.4 Å². The van der Waals surface area contributed by atoms with Crippen molar-refractivity contribution in [3.05, 3.63) is 65.7 Å². The van der Waals surface area contributed by atoms with Gasteiger partial charge in [0.2, 0.25) is 5.91 Å². The Bertz CT molecular complexity index is 759. The fourth-order valence-corrected chi connectivity index (χ4v) is 3.54. The lowest BCUT2D eigenvalue weighted by Crippen LogP contribution is -2.35. The molecule has 2 aromatic rings. The number of rotatable bonds is 4. The molecule has 1 saturated heterocycles. The van der Waals surface area contributed by atoms with E-state index in [-0.39, 0.29) is 11.9 Å². The van der Waals surface area contributed by atoms with Crippen molar-refractivity contribution < 1.29 is 9.59 Å². The van der Waals surface area contributed by atoms with Crippen LogP contribution >= 0.6 is 0 Å². The number of hydrogen-bond acceptors (Lipinski definition) is 2. The number of carbonyl (C=O) groups is 2. The van der Waals surface area contributed by atoms with E-state index < -0.39 is 0 Å². The third-order valence-corrected chi connectivity index (χ3v) is 5.14. The van der Waals surface area contributed by atoms with Crippen LogP contribution in [0.2, 0.25) is 0 Å². The van der Waals surface area contributed by atoms with Crippen LogP contribution in [0.15, 0.2) is 54.6 Å². The van der Waals surface area contributed by atoms with Gasteiger partial charge < -0.3 is 15.5 Å². The molecule has 0 saturated carbocycles. The van der Waals surface area contributed by atoms with Crippen molar-refractivity contribution >= 4 is 17.6 Å². The van der Waals surface area contributed by atoms with Crippen LogP contribution in [-0.4, -0.2) is 37.0 Å². The molecule has 142 valence electrons. The first-order valence-corrected chi connectivity index (χ1v) is 9.56. The van der Waals surface area contributed by atoms with Gasteiger partial charge in [-0.15, -0.1) is 0 Å². The fourth-order valence-electron chi connectivity index (χ4n) is 3.54. The maximum absolute atomic E-state index is 12.6. The van der Waals surface area contributed by atoms with Crippen molar-refractivity contribution in [1.29, 1.82) is 0 Å². The number of benzene rings is 2. The normalized spacial score (nSPS) is 17.1. The van der Waals surface area contributed by atoms with Crippen LogP contribution in [0, 0.1) is 0 Å². The molecule has 1 heterocycles. The fraction of sp³-hybridized carbons (Fsp3) is 0.364. The van der Waals surface area contributed by atoms with Crippen LogP contribution in [0.5, 0.6) is 0 Å². The third-order valence-electron chi connectivity index (χ3n) is 5.14. The molecule has 1 aliphatic heterocycles. The summed E-state index contributed by atoms with van der Waals surface area (Å²) in [6.07, 6.45) is 3.46. The quantitative estimate of drug-likeness (QED) is 0.866. The minimum atomic E-state index is -0.0530. The maximum atomic E-state index is 12.6. The molecule has 5 nitrogen and oxygen atoms in total. The summed E-state index contributed by atoms with van der Waals surface area (Å²) in [6, 6.07) is 18.0. The van der Waals surface area contributed by atoms with Gasteiger partial charge in [0, 0.05) is 25.8 Å². The summed E-state index contributed by atoms with van der Waals surface area (Å²) in [7, 11) is 1.63. The summed E-state index contributed by atoms with van der Waals surface area (Å²) in [6.45, 7) is 1.55. The average molecular weight is 365 g/mol. The molecule has 1 fully saturated rings. The minimum Gasteiger partial charge on any atom is -0.359 e. The first-order valence-electron chi connectivity index (χ1n) is 9.56. The second-order valence-electron chi connectivity index (χ2n) is 7.00. The number of nitrogens with zero attached hydrogens (tertiary/aromatic N) is 1. The van der Waals surface area contributed by atoms with Gasteiger partial charge in [0.25, 0.3) is 0 Å². The number of anilines is 1. The Morgan fingerprint density at radius 2 is 1.74 bits per heavy atom. The van der Waals surface area contributed by atoms with Crippen LogP contribution in [-0.2, 0) is 11.2 Å². The second kappa shape index (κ2) is 9.21. The number of urea groups is 1. The number of likely N-dealkylation sites (tertiary alicyclic amines) is 1. The molecule has 5 heteroatoms. The zero-order chi connectivity index (χ0) is 19.1. The van der Waals surface area contributed by atoms with E-state index in [2.05, 4.69) is 34.9 Å².